The summed E-state index contributed by atoms with van der Waals surface area (Å²) in [7, 11) is 0. The van der Waals surface area contributed by atoms with Gasteiger partial charge in [-0.15, -0.1) is 0 Å². The lowest BCUT2D eigenvalue weighted by Gasteiger charge is -2.27. The van der Waals surface area contributed by atoms with Gasteiger partial charge in [0, 0.05) is 24.4 Å². The summed E-state index contributed by atoms with van der Waals surface area (Å²) in [4.78, 5) is 4.05. The molecule has 1 unspecified atom stereocenters. The first-order valence-electron chi connectivity index (χ1n) is 3.88. The highest BCUT2D eigenvalue weighted by Crippen LogP contribution is 2.60. The molecule has 2 fully saturated rings. The minimum Gasteiger partial charge on any atom is -0.339 e. The first-order valence-corrected chi connectivity index (χ1v) is 3.88. The Morgan fingerprint density at radius 3 is 3.00 bits per heavy atom. The lowest BCUT2D eigenvalue weighted by molar-refractivity contribution is 0.287. The second-order valence-electron chi connectivity index (χ2n) is 3.50. The molecular formula is C7H9N3O. The summed E-state index contributed by atoms with van der Waals surface area (Å²) in [5.41, 5.74) is 0.506. The van der Waals surface area contributed by atoms with Crippen molar-refractivity contribution >= 4 is 0 Å². The molecule has 11 heavy (non-hydrogen) atoms. The maximum absolute atomic E-state index is 5.00. The fourth-order valence-corrected chi connectivity index (χ4v) is 1.87. The van der Waals surface area contributed by atoms with Gasteiger partial charge in [0.15, 0.2) is 6.33 Å². The van der Waals surface area contributed by atoms with E-state index in [0.717, 1.165) is 19.0 Å². The van der Waals surface area contributed by atoms with Crippen molar-refractivity contribution in [3.63, 3.8) is 0 Å². The van der Waals surface area contributed by atoms with Gasteiger partial charge in [-0.1, -0.05) is 5.16 Å². The van der Waals surface area contributed by atoms with Gasteiger partial charge < -0.3 is 9.84 Å². The summed E-state index contributed by atoms with van der Waals surface area (Å²) in [6, 6.07) is 0. The third kappa shape index (κ3) is 0.625. The number of aromatic nitrogens is 2. The molecule has 0 aromatic carbocycles. The molecule has 1 aliphatic carbocycles. The lowest BCUT2D eigenvalue weighted by Crippen LogP contribution is -2.44. The van der Waals surface area contributed by atoms with E-state index in [1.54, 1.807) is 0 Å². The van der Waals surface area contributed by atoms with Crippen molar-refractivity contribution in [3.8, 4) is 0 Å². The molecule has 1 aromatic heterocycles. The highest BCUT2D eigenvalue weighted by Gasteiger charge is 2.61. The largest absolute Gasteiger partial charge is 0.339 e. The quantitative estimate of drug-likeness (QED) is 0.620. The van der Waals surface area contributed by atoms with Crippen LogP contribution in [0.1, 0.15) is 18.2 Å². The number of rotatable bonds is 1. The van der Waals surface area contributed by atoms with E-state index in [1.165, 1.54) is 12.7 Å². The van der Waals surface area contributed by atoms with Crippen LogP contribution in [0.5, 0.6) is 0 Å². The third-order valence-corrected chi connectivity index (χ3v) is 2.82. The fourth-order valence-electron chi connectivity index (χ4n) is 1.87. The zero-order valence-corrected chi connectivity index (χ0v) is 6.08. The second-order valence-corrected chi connectivity index (χ2v) is 3.50. The average Bonchev–Trinajstić information content (AvgIpc) is 2.50. The zero-order valence-electron chi connectivity index (χ0n) is 6.08. The highest BCUT2D eigenvalue weighted by atomic mass is 16.5. The van der Waals surface area contributed by atoms with Crippen molar-refractivity contribution in [3.05, 3.63) is 12.2 Å². The van der Waals surface area contributed by atoms with Gasteiger partial charge in [-0.25, -0.2) is 0 Å². The molecule has 1 spiro atoms. The second kappa shape index (κ2) is 1.64. The average molecular weight is 151 g/mol. The normalized spacial score (nSPS) is 31.8. The van der Waals surface area contributed by atoms with Crippen LogP contribution < -0.4 is 5.32 Å². The molecule has 4 heteroatoms. The Balaban J connectivity index is 1.84. The van der Waals surface area contributed by atoms with Crippen LogP contribution in [-0.2, 0) is 0 Å². The summed E-state index contributed by atoms with van der Waals surface area (Å²) in [5.74, 6) is 1.37. The standard InChI is InChI=1S/C7H9N3O/c1-5(6-9-4-10-11-6)7(1)2-8-3-7/h4-5,8H,1-3H2. The van der Waals surface area contributed by atoms with Gasteiger partial charge >= 0.3 is 0 Å². The molecule has 2 heterocycles. The molecule has 1 aromatic rings. The molecule has 2 aliphatic rings. The van der Waals surface area contributed by atoms with E-state index in [0.29, 0.717) is 11.3 Å². The third-order valence-electron chi connectivity index (χ3n) is 2.82. The van der Waals surface area contributed by atoms with Crippen LogP contribution in [0.25, 0.3) is 0 Å². The number of nitrogens with zero attached hydrogens (tertiary/aromatic N) is 2. The van der Waals surface area contributed by atoms with Crippen molar-refractivity contribution in [1.29, 1.82) is 0 Å². The molecule has 1 saturated carbocycles. The van der Waals surface area contributed by atoms with Crippen molar-refractivity contribution in [1.82, 2.24) is 15.5 Å². The summed E-state index contributed by atoms with van der Waals surface area (Å²) in [6.07, 6.45) is 2.70. The summed E-state index contributed by atoms with van der Waals surface area (Å²) >= 11 is 0. The van der Waals surface area contributed by atoms with Gasteiger partial charge in [0.25, 0.3) is 0 Å². The van der Waals surface area contributed by atoms with E-state index in [-0.39, 0.29) is 0 Å². The molecule has 0 bridgehead atoms. The van der Waals surface area contributed by atoms with Crippen LogP contribution >= 0.6 is 0 Å². The maximum Gasteiger partial charge on any atom is 0.230 e. The summed E-state index contributed by atoms with van der Waals surface area (Å²) in [6.45, 7) is 2.25. The van der Waals surface area contributed by atoms with Crippen LogP contribution in [0.15, 0.2) is 10.9 Å². The Kier molecular flexibility index (Phi) is 0.850. The number of nitrogens with one attached hydrogen (secondary N) is 1. The molecule has 1 atom stereocenters. The Morgan fingerprint density at radius 1 is 1.64 bits per heavy atom. The highest BCUT2D eigenvalue weighted by molar-refractivity contribution is 5.21. The van der Waals surface area contributed by atoms with Gasteiger partial charge in [0.05, 0.1) is 0 Å². The minimum absolute atomic E-state index is 0.506. The van der Waals surface area contributed by atoms with Crippen molar-refractivity contribution in [2.24, 2.45) is 5.41 Å². The van der Waals surface area contributed by atoms with E-state index in [4.69, 9.17) is 4.52 Å². The van der Waals surface area contributed by atoms with Crippen LogP contribution in [0.4, 0.5) is 0 Å². The number of hydrogen-bond acceptors (Lipinski definition) is 4. The van der Waals surface area contributed by atoms with E-state index in [2.05, 4.69) is 15.5 Å². The van der Waals surface area contributed by atoms with Gasteiger partial charge in [-0.2, -0.15) is 4.98 Å². The first-order chi connectivity index (χ1) is 5.41. The molecule has 1 aliphatic heterocycles. The molecule has 0 amide bonds. The van der Waals surface area contributed by atoms with Crippen molar-refractivity contribution < 1.29 is 4.52 Å². The summed E-state index contributed by atoms with van der Waals surface area (Å²) < 4.78 is 5.00. The van der Waals surface area contributed by atoms with Gasteiger partial charge in [0.1, 0.15) is 0 Å². The van der Waals surface area contributed by atoms with E-state index in [9.17, 15) is 0 Å². The van der Waals surface area contributed by atoms with Crippen molar-refractivity contribution in [2.45, 2.75) is 12.3 Å². The SMILES string of the molecule is c1noc(C2CC23CNC3)n1. The molecular weight excluding hydrogens is 142 g/mol. The maximum atomic E-state index is 5.00. The Bertz CT molecular complexity index is 265. The minimum atomic E-state index is 0.506. The molecule has 3 rings (SSSR count). The predicted octanol–water partition coefficient (Wildman–Crippen LogP) is 0.146. The van der Waals surface area contributed by atoms with E-state index < -0.39 is 0 Å². The molecule has 4 nitrogen and oxygen atoms in total. The fraction of sp³-hybridized carbons (Fsp3) is 0.714. The molecule has 1 saturated heterocycles. The zero-order chi connectivity index (χ0) is 7.31. The topological polar surface area (TPSA) is 51.0 Å². The predicted molar refractivity (Wildman–Crippen MR) is 37.0 cm³/mol. The van der Waals surface area contributed by atoms with Crippen LogP contribution in [-0.4, -0.2) is 23.2 Å². The van der Waals surface area contributed by atoms with Crippen LogP contribution in [0.2, 0.25) is 0 Å². The molecule has 58 valence electrons. The van der Waals surface area contributed by atoms with Crippen LogP contribution in [0.3, 0.4) is 0 Å². The van der Waals surface area contributed by atoms with Crippen LogP contribution in [0, 0.1) is 5.41 Å². The van der Waals surface area contributed by atoms with Gasteiger partial charge in [-0.05, 0) is 6.42 Å². The van der Waals surface area contributed by atoms with Crippen molar-refractivity contribution in [2.75, 3.05) is 13.1 Å². The van der Waals surface area contributed by atoms with E-state index in [1.807, 2.05) is 0 Å². The number of hydrogen-bond donors (Lipinski definition) is 1. The van der Waals surface area contributed by atoms with Gasteiger partial charge in [0.2, 0.25) is 5.89 Å². The molecule has 1 N–H and O–H groups in total. The Labute approximate surface area is 64.0 Å². The lowest BCUT2D eigenvalue weighted by atomic mass is 9.97. The summed E-state index contributed by atoms with van der Waals surface area (Å²) in [5, 5.41) is 6.87. The molecule has 0 radical (unpaired) electrons. The Morgan fingerprint density at radius 2 is 2.55 bits per heavy atom. The van der Waals surface area contributed by atoms with E-state index >= 15 is 0 Å². The smallest absolute Gasteiger partial charge is 0.230 e. The van der Waals surface area contributed by atoms with Gasteiger partial charge in [-0.3, -0.25) is 0 Å². The monoisotopic (exact) mass is 151 g/mol. The first kappa shape index (κ1) is 5.71. The Hall–Kier alpha value is -0.900.